The number of rotatable bonds is 4. The fourth-order valence-corrected chi connectivity index (χ4v) is 3.52. The Morgan fingerprint density at radius 2 is 2.05 bits per heavy atom. The molecule has 19 heavy (non-hydrogen) atoms. The summed E-state index contributed by atoms with van der Waals surface area (Å²) in [4.78, 5) is 23.9. The van der Waals surface area contributed by atoms with Crippen LogP contribution < -0.4 is 5.32 Å². The van der Waals surface area contributed by atoms with E-state index in [1.807, 2.05) is 6.92 Å². The number of carboxylic acid groups (broad SMARTS) is 1. The predicted octanol–water partition coefficient (Wildman–Crippen LogP) is 3.66. The van der Waals surface area contributed by atoms with E-state index in [2.05, 4.69) is 5.32 Å². The lowest BCUT2D eigenvalue weighted by molar-refractivity contribution is -0.117. The Labute approximate surface area is 116 Å². The van der Waals surface area contributed by atoms with Gasteiger partial charge in [-0.2, -0.15) is 0 Å². The van der Waals surface area contributed by atoms with Crippen molar-refractivity contribution in [3.63, 3.8) is 0 Å². The standard InChI is InChI=1S/C14H19NO3S/c1-9-7-11(14(17)18)13(19-9)15-12(16)8-10-5-3-2-4-6-10/h7,10H,2-6,8H2,1H3,(H,15,16)(H,17,18). The van der Waals surface area contributed by atoms with E-state index in [0.29, 0.717) is 17.3 Å². The molecule has 1 saturated carbocycles. The topological polar surface area (TPSA) is 66.4 Å². The van der Waals surface area contributed by atoms with Crippen molar-refractivity contribution in [3.8, 4) is 0 Å². The lowest BCUT2D eigenvalue weighted by Crippen LogP contribution is -2.18. The molecule has 1 aromatic rings. The molecule has 1 aliphatic rings. The number of hydrogen-bond donors (Lipinski definition) is 2. The largest absolute Gasteiger partial charge is 0.478 e. The maximum atomic E-state index is 12.0. The van der Waals surface area contributed by atoms with E-state index in [1.54, 1.807) is 6.07 Å². The van der Waals surface area contributed by atoms with Gasteiger partial charge in [-0.3, -0.25) is 4.79 Å². The zero-order chi connectivity index (χ0) is 13.8. The average Bonchev–Trinajstić information content (AvgIpc) is 2.71. The monoisotopic (exact) mass is 281 g/mol. The minimum Gasteiger partial charge on any atom is -0.478 e. The zero-order valence-electron chi connectivity index (χ0n) is 11.1. The van der Waals surface area contributed by atoms with E-state index in [9.17, 15) is 9.59 Å². The normalized spacial score (nSPS) is 16.3. The average molecular weight is 281 g/mol. The van der Waals surface area contributed by atoms with Crippen LogP contribution in [-0.2, 0) is 4.79 Å². The fraction of sp³-hybridized carbons (Fsp3) is 0.571. The summed E-state index contributed by atoms with van der Waals surface area (Å²) >= 11 is 1.32. The highest BCUT2D eigenvalue weighted by atomic mass is 32.1. The number of thiophene rings is 1. The summed E-state index contributed by atoms with van der Waals surface area (Å²) in [6.45, 7) is 1.84. The van der Waals surface area contributed by atoms with E-state index in [1.165, 1.54) is 30.6 Å². The van der Waals surface area contributed by atoms with Crippen LogP contribution in [0.3, 0.4) is 0 Å². The number of anilines is 1. The Kier molecular flexibility index (Phi) is 4.58. The minimum absolute atomic E-state index is 0.0590. The summed E-state index contributed by atoms with van der Waals surface area (Å²) < 4.78 is 0. The number of nitrogens with one attached hydrogen (secondary N) is 1. The van der Waals surface area contributed by atoms with E-state index >= 15 is 0 Å². The second-order valence-corrected chi connectivity index (χ2v) is 6.42. The first-order valence-electron chi connectivity index (χ1n) is 6.70. The molecular weight excluding hydrogens is 262 g/mol. The van der Waals surface area contributed by atoms with Crippen LogP contribution in [0.2, 0.25) is 0 Å². The van der Waals surface area contributed by atoms with Crippen LogP contribution in [-0.4, -0.2) is 17.0 Å². The summed E-state index contributed by atoms with van der Waals surface area (Å²) in [5.74, 6) is -0.586. The summed E-state index contributed by atoms with van der Waals surface area (Å²) in [5, 5.41) is 12.3. The van der Waals surface area contributed by atoms with Gasteiger partial charge in [0.15, 0.2) is 0 Å². The van der Waals surface area contributed by atoms with Gasteiger partial charge in [-0.15, -0.1) is 11.3 Å². The number of amides is 1. The Balaban J connectivity index is 1.96. The maximum Gasteiger partial charge on any atom is 0.338 e. The smallest absolute Gasteiger partial charge is 0.338 e. The molecule has 2 rings (SSSR count). The van der Waals surface area contributed by atoms with Gasteiger partial charge in [-0.25, -0.2) is 4.79 Å². The van der Waals surface area contributed by atoms with Gasteiger partial charge in [-0.1, -0.05) is 19.3 Å². The first-order valence-corrected chi connectivity index (χ1v) is 7.51. The van der Waals surface area contributed by atoms with Crippen LogP contribution in [0.1, 0.15) is 53.8 Å². The molecule has 0 unspecified atom stereocenters. The lowest BCUT2D eigenvalue weighted by atomic mass is 9.87. The highest BCUT2D eigenvalue weighted by Crippen LogP contribution is 2.30. The van der Waals surface area contributed by atoms with Crippen molar-refractivity contribution in [1.82, 2.24) is 0 Å². The van der Waals surface area contributed by atoms with Crippen molar-refractivity contribution in [2.75, 3.05) is 5.32 Å². The quantitative estimate of drug-likeness (QED) is 0.885. The van der Waals surface area contributed by atoms with E-state index < -0.39 is 5.97 Å². The molecule has 0 bridgehead atoms. The van der Waals surface area contributed by atoms with Crippen molar-refractivity contribution < 1.29 is 14.7 Å². The molecule has 0 atom stereocenters. The predicted molar refractivity (Wildman–Crippen MR) is 75.8 cm³/mol. The highest BCUT2D eigenvalue weighted by Gasteiger charge is 2.20. The Bertz CT molecular complexity index is 475. The third-order valence-corrected chi connectivity index (χ3v) is 4.50. The zero-order valence-corrected chi connectivity index (χ0v) is 11.9. The SMILES string of the molecule is Cc1cc(C(=O)O)c(NC(=O)CC2CCCCC2)s1. The Hall–Kier alpha value is -1.36. The molecule has 1 aliphatic carbocycles. The van der Waals surface area contributed by atoms with Gasteiger partial charge in [0.05, 0.1) is 5.56 Å². The third kappa shape index (κ3) is 3.80. The van der Waals surface area contributed by atoms with Crippen LogP contribution in [0, 0.1) is 12.8 Å². The summed E-state index contributed by atoms with van der Waals surface area (Å²) in [6.07, 6.45) is 6.42. The van der Waals surface area contributed by atoms with Gasteiger partial charge >= 0.3 is 5.97 Å². The van der Waals surface area contributed by atoms with Crippen molar-refractivity contribution in [1.29, 1.82) is 0 Å². The van der Waals surface area contributed by atoms with Gasteiger partial charge in [0.25, 0.3) is 0 Å². The molecule has 104 valence electrons. The lowest BCUT2D eigenvalue weighted by Gasteiger charge is -2.20. The van der Waals surface area contributed by atoms with Gasteiger partial charge in [0.1, 0.15) is 5.00 Å². The summed E-state index contributed by atoms with van der Waals surface area (Å²) in [5.41, 5.74) is 0.194. The van der Waals surface area contributed by atoms with E-state index in [-0.39, 0.29) is 11.5 Å². The van der Waals surface area contributed by atoms with Gasteiger partial charge in [0, 0.05) is 11.3 Å². The number of hydrogen-bond acceptors (Lipinski definition) is 3. The molecule has 2 N–H and O–H groups in total. The Morgan fingerprint density at radius 1 is 1.37 bits per heavy atom. The number of aryl methyl sites for hydroxylation is 1. The second-order valence-electron chi connectivity index (χ2n) is 5.16. The maximum absolute atomic E-state index is 12.0. The molecule has 1 aromatic heterocycles. The molecule has 0 aromatic carbocycles. The minimum atomic E-state index is -0.989. The van der Waals surface area contributed by atoms with Crippen LogP contribution in [0.4, 0.5) is 5.00 Å². The van der Waals surface area contributed by atoms with Crippen molar-refractivity contribution in [2.45, 2.75) is 45.4 Å². The molecule has 0 aliphatic heterocycles. The first kappa shape index (κ1) is 14.1. The highest BCUT2D eigenvalue weighted by molar-refractivity contribution is 7.16. The van der Waals surface area contributed by atoms with Crippen LogP contribution in [0.5, 0.6) is 0 Å². The summed E-state index contributed by atoms with van der Waals surface area (Å²) in [6, 6.07) is 1.60. The van der Waals surface area contributed by atoms with Gasteiger partial charge in [0.2, 0.25) is 5.91 Å². The Morgan fingerprint density at radius 3 is 2.68 bits per heavy atom. The number of carboxylic acids is 1. The fourth-order valence-electron chi connectivity index (χ4n) is 2.60. The molecule has 1 amide bonds. The van der Waals surface area contributed by atoms with Crippen LogP contribution >= 0.6 is 11.3 Å². The second kappa shape index (κ2) is 6.19. The van der Waals surface area contributed by atoms with E-state index in [4.69, 9.17) is 5.11 Å². The molecule has 4 nitrogen and oxygen atoms in total. The molecular formula is C14H19NO3S. The third-order valence-electron chi connectivity index (χ3n) is 3.54. The molecule has 0 spiro atoms. The van der Waals surface area contributed by atoms with Crippen LogP contribution in [0.25, 0.3) is 0 Å². The van der Waals surface area contributed by atoms with E-state index in [0.717, 1.165) is 17.7 Å². The molecule has 0 saturated heterocycles. The number of carbonyl (C=O) groups excluding carboxylic acids is 1. The molecule has 1 fully saturated rings. The molecule has 1 heterocycles. The summed E-state index contributed by atoms with van der Waals surface area (Å²) in [7, 11) is 0. The first-order chi connectivity index (χ1) is 9.06. The van der Waals surface area contributed by atoms with Gasteiger partial charge in [-0.05, 0) is 31.7 Å². The van der Waals surface area contributed by atoms with Crippen LogP contribution in [0.15, 0.2) is 6.07 Å². The number of aromatic carboxylic acids is 1. The van der Waals surface area contributed by atoms with Crippen molar-refractivity contribution >= 4 is 28.2 Å². The van der Waals surface area contributed by atoms with Crippen molar-refractivity contribution in [2.24, 2.45) is 5.92 Å². The molecule has 0 radical (unpaired) electrons. The van der Waals surface area contributed by atoms with Gasteiger partial charge < -0.3 is 10.4 Å². The molecule has 5 heteroatoms. The van der Waals surface area contributed by atoms with Crippen molar-refractivity contribution in [3.05, 3.63) is 16.5 Å². The number of carbonyl (C=O) groups is 2.